The Balaban J connectivity index is 2.26. The van der Waals surface area contributed by atoms with Crippen LogP contribution in [0.1, 0.15) is 6.92 Å². The van der Waals surface area contributed by atoms with Crippen molar-refractivity contribution < 1.29 is 4.74 Å². The van der Waals surface area contributed by atoms with Crippen LogP contribution in [-0.2, 0) is 0 Å². The Morgan fingerprint density at radius 1 is 0.895 bits per heavy atom. The average molecular weight is 250 g/mol. The van der Waals surface area contributed by atoms with Crippen LogP contribution in [0.2, 0.25) is 0 Å². The van der Waals surface area contributed by atoms with Gasteiger partial charge in [-0.05, 0) is 13.0 Å². The SMILES string of the molecule is CCOc1nc(-c2ccccc2)c2ccccc2n1. The lowest BCUT2D eigenvalue weighted by Crippen LogP contribution is -1.99. The topological polar surface area (TPSA) is 35.0 Å². The smallest absolute Gasteiger partial charge is 0.317 e. The van der Waals surface area contributed by atoms with Gasteiger partial charge in [0.25, 0.3) is 0 Å². The van der Waals surface area contributed by atoms with Gasteiger partial charge in [-0.15, -0.1) is 0 Å². The summed E-state index contributed by atoms with van der Waals surface area (Å²) in [6.45, 7) is 2.49. The molecule has 0 amide bonds. The second-order valence-corrected chi connectivity index (χ2v) is 4.17. The summed E-state index contributed by atoms with van der Waals surface area (Å²) in [6, 6.07) is 18.5. The summed E-state index contributed by atoms with van der Waals surface area (Å²) < 4.78 is 5.45. The van der Waals surface area contributed by atoms with Gasteiger partial charge in [-0.1, -0.05) is 48.5 Å². The summed E-state index contributed by atoms with van der Waals surface area (Å²) >= 11 is 0. The van der Waals surface area contributed by atoms with Crippen molar-refractivity contribution in [2.75, 3.05) is 6.61 Å². The second-order valence-electron chi connectivity index (χ2n) is 4.17. The number of rotatable bonds is 3. The van der Waals surface area contributed by atoms with Crippen molar-refractivity contribution in [2.24, 2.45) is 0 Å². The lowest BCUT2D eigenvalue weighted by Gasteiger charge is -2.08. The van der Waals surface area contributed by atoms with E-state index in [1.165, 1.54) is 0 Å². The molecule has 3 rings (SSSR count). The standard InChI is InChI=1S/C16H14N2O/c1-2-19-16-17-14-11-7-6-10-13(14)15(18-16)12-8-4-3-5-9-12/h3-11H,2H2,1H3. The van der Waals surface area contributed by atoms with E-state index in [1.54, 1.807) is 0 Å². The molecule has 0 spiro atoms. The van der Waals surface area contributed by atoms with Gasteiger partial charge >= 0.3 is 6.01 Å². The van der Waals surface area contributed by atoms with Crippen molar-refractivity contribution >= 4 is 10.9 Å². The molecule has 0 fully saturated rings. The molecular weight excluding hydrogens is 236 g/mol. The molecule has 0 N–H and O–H groups in total. The van der Waals surface area contributed by atoms with E-state index in [0.717, 1.165) is 22.2 Å². The van der Waals surface area contributed by atoms with Gasteiger partial charge in [0.05, 0.1) is 17.8 Å². The number of hydrogen-bond acceptors (Lipinski definition) is 3. The molecule has 0 saturated heterocycles. The number of ether oxygens (including phenoxy) is 1. The maximum atomic E-state index is 5.45. The fourth-order valence-corrected chi connectivity index (χ4v) is 2.07. The third kappa shape index (κ3) is 2.27. The van der Waals surface area contributed by atoms with Crippen LogP contribution >= 0.6 is 0 Å². The predicted octanol–water partition coefficient (Wildman–Crippen LogP) is 3.70. The first-order valence-electron chi connectivity index (χ1n) is 6.33. The maximum Gasteiger partial charge on any atom is 0.317 e. The molecule has 3 heteroatoms. The van der Waals surface area contributed by atoms with Crippen molar-refractivity contribution in [2.45, 2.75) is 6.92 Å². The van der Waals surface area contributed by atoms with E-state index in [2.05, 4.69) is 9.97 Å². The van der Waals surface area contributed by atoms with E-state index >= 15 is 0 Å². The van der Waals surface area contributed by atoms with Crippen LogP contribution in [0.4, 0.5) is 0 Å². The molecule has 3 nitrogen and oxygen atoms in total. The van der Waals surface area contributed by atoms with Crippen molar-refractivity contribution in [3.8, 4) is 17.3 Å². The first kappa shape index (κ1) is 11.7. The van der Waals surface area contributed by atoms with Crippen LogP contribution in [0.15, 0.2) is 54.6 Å². The summed E-state index contributed by atoms with van der Waals surface area (Å²) in [7, 11) is 0. The second kappa shape index (κ2) is 5.06. The predicted molar refractivity (Wildman–Crippen MR) is 76.1 cm³/mol. The van der Waals surface area contributed by atoms with Crippen molar-refractivity contribution in [1.82, 2.24) is 9.97 Å². The molecule has 3 aromatic rings. The number of aromatic nitrogens is 2. The van der Waals surface area contributed by atoms with E-state index < -0.39 is 0 Å². The van der Waals surface area contributed by atoms with E-state index in [0.29, 0.717) is 12.6 Å². The normalized spacial score (nSPS) is 10.6. The Labute approximate surface area is 111 Å². The molecule has 2 aromatic carbocycles. The molecule has 0 aliphatic carbocycles. The molecular formula is C16H14N2O. The summed E-state index contributed by atoms with van der Waals surface area (Å²) in [5.41, 5.74) is 2.89. The molecule has 0 aliphatic heterocycles. The van der Waals surface area contributed by atoms with Gasteiger partial charge < -0.3 is 4.74 Å². The molecule has 1 heterocycles. The number of hydrogen-bond donors (Lipinski definition) is 0. The highest BCUT2D eigenvalue weighted by Gasteiger charge is 2.09. The molecule has 0 atom stereocenters. The average Bonchev–Trinajstić information content (AvgIpc) is 2.48. The van der Waals surface area contributed by atoms with Gasteiger partial charge in [0.2, 0.25) is 0 Å². The zero-order chi connectivity index (χ0) is 13.1. The highest BCUT2D eigenvalue weighted by Crippen LogP contribution is 2.27. The quantitative estimate of drug-likeness (QED) is 0.711. The van der Waals surface area contributed by atoms with Crippen molar-refractivity contribution in [1.29, 1.82) is 0 Å². The summed E-state index contributed by atoms with van der Waals surface area (Å²) in [6.07, 6.45) is 0. The molecule has 0 radical (unpaired) electrons. The van der Waals surface area contributed by atoms with Gasteiger partial charge in [-0.2, -0.15) is 9.97 Å². The molecule has 0 saturated carbocycles. The number of benzene rings is 2. The van der Waals surface area contributed by atoms with Crippen LogP contribution in [-0.4, -0.2) is 16.6 Å². The molecule has 0 unspecified atom stereocenters. The highest BCUT2D eigenvalue weighted by atomic mass is 16.5. The molecule has 1 aromatic heterocycles. The van der Waals surface area contributed by atoms with Crippen molar-refractivity contribution in [3.05, 3.63) is 54.6 Å². The Bertz CT molecular complexity index is 695. The number of para-hydroxylation sites is 1. The molecule has 0 aliphatic rings. The van der Waals surface area contributed by atoms with Gasteiger partial charge in [-0.3, -0.25) is 0 Å². The lowest BCUT2D eigenvalue weighted by atomic mass is 10.1. The largest absolute Gasteiger partial charge is 0.464 e. The van der Waals surface area contributed by atoms with Crippen LogP contribution in [0, 0.1) is 0 Å². The fraction of sp³-hybridized carbons (Fsp3) is 0.125. The maximum absolute atomic E-state index is 5.45. The van der Waals surface area contributed by atoms with Gasteiger partial charge in [0.1, 0.15) is 0 Å². The van der Waals surface area contributed by atoms with E-state index in [9.17, 15) is 0 Å². The zero-order valence-corrected chi connectivity index (χ0v) is 10.7. The minimum Gasteiger partial charge on any atom is -0.464 e. The first-order chi connectivity index (χ1) is 9.38. The van der Waals surface area contributed by atoms with Gasteiger partial charge in [0, 0.05) is 10.9 Å². The lowest BCUT2D eigenvalue weighted by molar-refractivity contribution is 0.314. The van der Waals surface area contributed by atoms with Crippen LogP contribution < -0.4 is 4.74 Å². The third-order valence-electron chi connectivity index (χ3n) is 2.90. The van der Waals surface area contributed by atoms with Gasteiger partial charge in [-0.25, -0.2) is 0 Å². The number of nitrogens with zero attached hydrogens (tertiary/aromatic N) is 2. The third-order valence-corrected chi connectivity index (χ3v) is 2.90. The summed E-state index contributed by atoms with van der Waals surface area (Å²) in [4.78, 5) is 8.95. The highest BCUT2D eigenvalue weighted by molar-refractivity contribution is 5.92. The monoisotopic (exact) mass is 250 g/mol. The Kier molecular flexibility index (Phi) is 3.11. The van der Waals surface area contributed by atoms with Crippen molar-refractivity contribution in [3.63, 3.8) is 0 Å². The fourth-order valence-electron chi connectivity index (χ4n) is 2.07. The van der Waals surface area contributed by atoms with Crippen LogP contribution in [0.3, 0.4) is 0 Å². The molecule has 19 heavy (non-hydrogen) atoms. The summed E-state index contributed by atoms with van der Waals surface area (Å²) in [5.74, 6) is 0. The van der Waals surface area contributed by atoms with Crippen LogP contribution in [0.5, 0.6) is 6.01 Å². The minimum atomic E-state index is 0.431. The Morgan fingerprint density at radius 3 is 2.42 bits per heavy atom. The molecule has 0 bridgehead atoms. The number of fused-ring (bicyclic) bond motifs is 1. The molecule has 94 valence electrons. The van der Waals surface area contributed by atoms with Crippen LogP contribution in [0.25, 0.3) is 22.2 Å². The minimum absolute atomic E-state index is 0.431. The first-order valence-corrected chi connectivity index (χ1v) is 6.33. The van der Waals surface area contributed by atoms with E-state index in [1.807, 2.05) is 61.5 Å². The zero-order valence-electron chi connectivity index (χ0n) is 10.7. The van der Waals surface area contributed by atoms with E-state index in [4.69, 9.17) is 4.74 Å². The van der Waals surface area contributed by atoms with E-state index in [-0.39, 0.29) is 0 Å². The Hall–Kier alpha value is -2.42. The summed E-state index contributed by atoms with van der Waals surface area (Å²) in [5, 5.41) is 1.04. The van der Waals surface area contributed by atoms with Gasteiger partial charge in [0.15, 0.2) is 0 Å². The Morgan fingerprint density at radius 2 is 1.63 bits per heavy atom.